The Morgan fingerprint density at radius 1 is 1.40 bits per heavy atom. The minimum absolute atomic E-state index is 0.128. The summed E-state index contributed by atoms with van der Waals surface area (Å²) in [6, 6.07) is 9.73. The van der Waals surface area contributed by atoms with Crippen LogP contribution in [0.15, 0.2) is 30.3 Å². The van der Waals surface area contributed by atoms with E-state index in [0.29, 0.717) is 12.2 Å². The van der Waals surface area contributed by atoms with Gasteiger partial charge < -0.3 is 5.11 Å². The van der Waals surface area contributed by atoms with Crippen molar-refractivity contribution in [2.45, 2.75) is 18.6 Å². The predicted octanol–water partition coefficient (Wildman–Crippen LogP) is 1.91. The molecule has 0 saturated carbocycles. The monoisotopic (exact) mass is 224 g/mol. The summed E-state index contributed by atoms with van der Waals surface area (Å²) in [6.07, 6.45) is 0.492. The Morgan fingerprint density at radius 3 is 2.67 bits per heavy atom. The van der Waals surface area contributed by atoms with Crippen molar-refractivity contribution >= 4 is 17.5 Å². The van der Waals surface area contributed by atoms with Gasteiger partial charge in [-0.05, 0) is 5.56 Å². The number of aliphatic hydroxyl groups is 1. The maximum absolute atomic E-state index is 11.5. The van der Waals surface area contributed by atoms with E-state index in [1.54, 1.807) is 0 Å². The van der Waals surface area contributed by atoms with Gasteiger partial charge in [0.1, 0.15) is 5.78 Å². The maximum Gasteiger partial charge on any atom is 0.147 e. The normalized spacial score (nSPS) is 12.4. The Kier molecular flexibility index (Phi) is 5.43. The SMILES string of the molecule is CC(CO)SCC(=O)Cc1ccccc1. The summed E-state index contributed by atoms with van der Waals surface area (Å²) in [5.41, 5.74) is 1.06. The zero-order valence-corrected chi connectivity index (χ0v) is 9.67. The summed E-state index contributed by atoms with van der Waals surface area (Å²) in [7, 11) is 0. The first-order chi connectivity index (χ1) is 7.22. The Hall–Kier alpha value is -0.800. The van der Waals surface area contributed by atoms with Crippen LogP contribution in [0.1, 0.15) is 12.5 Å². The van der Waals surface area contributed by atoms with Gasteiger partial charge in [-0.15, -0.1) is 11.8 Å². The summed E-state index contributed by atoms with van der Waals surface area (Å²) in [4.78, 5) is 11.5. The molecule has 15 heavy (non-hydrogen) atoms. The van der Waals surface area contributed by atoms with Crippen LogP contribution in [-0.2, 0) is 11.2 Å². The average Bonchev–Trinajstić information content (AvgIpc) is 2.27. The molecule has 82 valence electrons. The van der Waals surface area contributed by atoms with Crippen molar-refractivity contribution in [2.75, 3.05) is 12.4 Å². The van der Waals surface area contributed by atoms with Crippen LogP contribution in [0, 0.1) is 0 Å². The van der Waals surface area contributed by atoms with E-state index >= 15 is 0 Å². The molecule has 1 aromatic carbocycles. The molecule has 0 radical (unpaired) electrons. The molecule has 1 aromatic rings. The lowest BCUT2D eigenvalue weighted by Gasteiger charge is -2.06. The lowest BCUT2D eigenvalue weighted by molar-refractivity contribution is -0.116. The number of hydrogen-bond acceptors (Lipinski definition) is 3. The van der Waals surface area contributed by atoms with E-state index < -0.39 is 0 Å². The van der Waals surface area contributed by atoms with Crippen LogP contribution in [0.4, 0.5) is 0 Å². The molecule has 0 aromatic heterocycles. The molecule has 0 bridgehead atoms. The first-order valence-electron chi connectivity index (χ1n) is 5.00. The third-order valence-corrected chi connectivity index (χ3v) is 3.24. The predicted molar refractivity (Wildman–Crippen MR) is 64.2 cm³/mol. The highest BCUT2D eigenvalue weighted by atomic mass is 32.2. The first kappa shape index (κ1) is 12.3. The zero-order chi connectivity index (χ0) is 11.1. The second-order valence-electron chi connectivity index (χ2n) is 3.51. The van der Waals surface area contributed by atoms with Crippen LogP contribution in [-0.4, -0.2) is 28.5 Å². The lowest BCUT2D eigenvalue weighted by Crippen LogP contribution is -2.10. The van der Waals surface area contributed by atoms with Gasteiger partial charge in [0.25, 0.3) is 0 Å². The number of thioether (sulfide) groups is 1. The Balaban J connectivity index is 2.31. The Labute approximate surface area is 94.7 Å². The van der Waals surface area contributed by atoms with E-state index in [0.717, 1.165) is 5.56 Å². The van der Waals surface area contributed by atoms with Crippen molar-refractivity contribution < 1.29 is 9.90 Å². The van der Waals surface area contributed by atoms with Gasteiger partial charge in [0.15, 0.2) is 0 Å². The second kappa shape index (κ2) is 6.64. The fourth-order valence-corrected chi connectivity index (χ4v) is 1.84. The average molecular weight is 224 g/mol. The largest absolute Gasteiger partial charge is 0.395 e. The highest BCUT2D eigenvalue weighted by molar-refractivity contribution is 8.00. The van der Waals surface area contributed by atoms with E-state index in [4.69, 9.17) is 5.11 Å². The number of hydrogen-bond donors (Lipinski definition) is 1. The number of carbonyl (C=O) groups excluding carboxylic acids is 1. The van der Waals surface area contributed by atoms with Crippen molar-refractivity contribution in [1.29, 1.82) is 0 Å². The van der Waals surface area contributed by atoms with Gasteiger partial charge in [-0.2, -0.15) is 0 Å². The maximum atomic E-state index is 11.5. The van der Waals surface area contributed by atoms with Gasteiger partial charge in [0, 0.05) is 11.7 Å². The van der Waals surface area contributed by atoms with Gasteiger partial charge in [-0.3, -0.25) is 4.79 Å². The highest BCUT2D eigenvalue weighted by Gasteiger charge is 2.06. The molecule has 0 fully saturated rings. The van der Waals surface area contributed by atoms with E-state index in [1.807, 2.05) is 37.3 Å². The van der Waals surface area contributed by atoms with Crippen molar-refractivity contribution in [3.8, 4) is 0 Å². The van der Waals surface area contributed by atoms with Gasteiger partial charge in [-0.25, -0.2) is 0 Å². The molecule has 0 heterocycles. The van der Waals surface area contributed by atoms with Crippen LogP contribution in [0.2, 0.25) is 0 Å². The van der Waals surface area contributed by atoms with Crippen molar-refractivity contribution in [3.05, 3.63) is 35.9 Å². The molecule has 1 unspecified atom stereocenters. The standard InChI is InChI=1S/C12H16O2S/c1-10(8-13)15-9-12(14)7-11-5-3-2-4-6-11/h2-6,10,13H,7-9H2,1H3. The molecule has 0 spiro atoms. The molecular formula is C12H16O2S. The quantitative estimate of drug-likeness (QED) is 0.802. The van der Waals surface area contributed by atoms with Crippen molar-refractivity contribution in [1.82, 2.24) is 0 Å². The van der Waals surface area contributed by atoms with Crippen LogP contribution in [0.5, 0.6) is 0 Å². The van der Waals surface area contributed by atoms with Gasteiger partial charge in [0.2, 0.25) is 0 Å². The Bertz CT molecular complexity index is 298. The van der Waals surface area contributed by atoms with E-state index in [2.05, 4.69) is 0 Å². The second-order valence-corrected chi connectivity index (χ2v) is 4.93. The van der Waals surface area contributed by atoms with Crippen LogP contribution < -0.4 is 0 Å². The van der Waals surface area contributed by atoms with Crippen LogP contribution in [0.25, 0.3) is 0 Å². The zero-order valence-electron chi connectivity index (χ0n) is 8.85. The number of aliphatic hydroxyl groups excluding tert-OH is 1. The molecule has 3 heteroatoms. The van der Waals surface area contributed by atoms with Gasteiger partial charge in [-0.1, -0.05) is 37.3 Å². The summed E-state index contributed by atoms with van der Waals surface area (Å²) in [5.74, 6) is 0.697. The Morgan fingerprint density at radius 2 is 2.07 bits per heavy atom. The molecule has 0 saturated heterocycles. The van der Waals surface area contributed by atoms with E-state index in [9.17, 15) is 4.79 Å². The smallest absolute Gasteiger partial charge is 0.147 e. The number of rotatable bonds is 6. The summed E-state index contributed by atoms with van der Waals surface area (Å²) < 4.78 is 0. The number of carbonyl (C=O) groups is 1. The summed E-state index contributed by atoms with van der Waals surface area (Å²) in [6.45, 7) is 2.05. The van der Waals surface area contributed by atoms with Crippen molar-refractivity contribution in [3.63, 3.8) is 0 Å². The van der Waals surface area contributed by atoms with Crippen LogP contribution in [0.3, 0.4) is 0 Å². The topological polar surface area (TPSA) is 37.3 Å². The van der Waals surface area contributed by atoms with Gasteiger partial charge >= 0.3 is 0 Å². The molecule has 0 aliphatic carbocycles. The lowest BCUT2D eigenvalue weighted by atomic mass is 10.1. The molecule has 1 N–H and O–H groups in total. The van der Waals surface area contributed by atoms with Crippen LogP contribution >= 0.6 is 11.8 Å². The fourth-order valence-electron chi connectivity index (χ4n) is 1.16. The molecule has 0 amide bonds. The minimum Gasteiger partial charge on any atom is -0.395 e. The molecular weight excluding hydrogens is 208 g/mol. The minimum atomic E-state index is 0.128. The van der Waals surface area contributed by atoms with E-state index in [1.165, 1.54) is 11.8 Å². The number of benzene rings is 1. The summed E-state index contributed by atoms with van der Waals surface area (Å²) in [5, 5.41) is 8.95. The third-order valence-electron chi connectivity index (χ3n) is 2.03. The first-order valence-corrected chi connectivity index (χ1v) is 6.05. The molecule has 0 aliphatic heterocycles. The number of ketones is 1. The highest BCUT2D eigenvalue weighted by Crippen LogP contribution is 2.11. The van der Waals surface area contributed by atoms with Crippen molar-refractivity contribution in [2.24, 2.45) is 0 Å². The number of Topliss-reactive ketones (excluding diaryl/α,β-unsaturated/α-hetero) is 1. The third kappa shape index (κ3) is 5.00. The molecule has 0 aliphatic rings. The van der Waals surface area contributed by atoms with E-state index in [-0.39, 0.29) is 17.6 Å². The van der Waals surface area contributed by atoms with Gasteiger partial charge in [0.05, 0.1) is 12.4 Å². The molecule has 2 nitrogen and oxygen atoms in total. The molecule has 1 atom stereocenters. The fraction of sp³-hybridized carbons (Fsp3) is 0.417. The summed E-state index contributed by atoms with van der Waals surface area (Å²) >= 11 is 1.50. The molecule has 1 rings (SSSR count).